The Morgan fingerprint density at radius 1 is 1.45 bits per heavy atom. The number of likely N-dealkylation sites (tertiary alicyclic amines) is 1. The second-order valence-electron chi connectivity index (χ2n) is 6.26. The van der Waals surface area contributed by atoms with E-state index in [9.17, 15) is 0 Å². The minimum atomic E-state index is 0. The number of hydrogen-bond donors (Lipinski definition) is 2. The van der Waals surface area contributed by atoms with Crippen molar-refractivity contribution in [1.29, 1.82) is 0 Å². The fourth-order valence-electron chi connectivity index (χ4n) is 2.99. The molecule has 1 atom stereocenters. The van der Waals surface area contributed by atoms with Gasteiger partial charge in [-0.1, -0.05) is 30.7 Å². The van der Waals surface area contributed by atoms with E-state index in [4.69, 9.17) is 17.3 Å². The molecular weight excluding hydrogens is 319 g/mol. The van der Waals surface area contributed by atoms with Crippen molar-refractivity contribution in [1.82, 2.24) is 15.1 Å². The lowest BCUT2D eigenvalue weighted by Crippen LogP contribution is -2.31. The van der Waals surface area contributed by atoms with Crippen LogP contribution in [0.2, 0.25) is 5.02 Å². The Kier molecular flexibility index (Phi) is 5.50. The highest BCUT2D eigenvalue weighted by molar-refractivity contribution is 6.30. The lowest BCUT2D eigenvalue weighted by atomic mass is 9.90. The molecule has 0 spiro atoms. The Hall–Kier alpha value is -1.07. The van der Waals surface area contributed by atoms with Crippen molar-refractivity contribution < 1.29 is 0 Å². The number of hydrogen-bond acceptors (Lipinski definition) is 3. The Bertz CT molecular complexity index is 628. The van der Waals surface area contributed by atoms with Gasteiger partial charge in [-0.3, -0.25) is 10.00 Å². The van der Waals surface area contributed by atoms with E-state index in [-0.39, 0.29) is 17.8 Å². The van der Waals surface area contributed by atoms with Gasteiger partial charge in [0.25, 0.3) is 0 Å². The third-order valence-electron chi connectivity index (χ3n) is 4.35. The highest BCUT2D eigenvalue weighted by atomic mass is 35.5. The number of benzene rings is 1. The van der Waals surface area contributed by atoms with E-state index in [0.29, 0.717) is 0 Å². The van der Waals surface area contributed by atoms with Gasteiger partial charge >= 0.3 is 0 Å². The fraction of sp³-hybridized carbons (Fsp3) is 0.438. The molecule has 1 saturated heterocycles. The molecule has 4 nitrogen and oxygen atoms in total. The van der Waals surface area contributed by atoms with Crippen molar-refractivity contribution in [3.63, 3.8) is 0 Å². The Morgan fingerprint density at radius 3 is 2.95 bits per heavy atom. The van der Waals surface area contributed by atoms with Gasteiger partial charge in [-0.15, -0.1) is 12.4 Å². The largest absolute Gasteiger partial charge is 0.330 e. The topological polar surface area (TPSA) is 57.9 Å². The molecule has 1 aromatic heterocycles. The van der Waals surface area contributed by atoms with Crippen LogP contribution in [0.4, 0.5) is 0 Å². The number of aromatic amines is 1. The van der Waals surface area contributed by atoms with Gasteiger partial charge in [-0.2, -0.15) is 5.10 Å². The van der Waals surface area contributed by atoms with Crippen molar-refractivity contribution in [2.24, 2.45) is 11.1 Å². The van der Waals surface area contributed by atoms with E-state index in [0.717, 1.165) is 48.9 Å². The summed E-state index contributed by atoms with van der Waals surface area (Å²) in [6.45, 7) is 6.04. The molecule has 1 aromatic carbocycles. The summed E-state index contributed by atoms with van der Waals surface area (Å²) >= 11 is 6.08. The maximum absolute atomic E-state index is 6.08. The summed E-state index contributed by atoms with van der Waals surface area (Å²) in [6, 6.07) is 7.86. The van der Waals surface area contributed by atoms with Crippen LogP contribution in [0.15, 0.2) is 30.5 Å². The number of nitrogens with two attached hydrogens (primary N) is 1. The van der Waals surface area contributed by atoms with Crippen molar-refractivity contribution in [2.75, 3.05) is 19.6 Å². The van der Waals surface area contributed by atoms with Crippen LogP contribution >= 0.6 is 24.0 Å². The molecule has 3 N–H and O–H groups in total. The normalized spacial score (nSPS) is 21.8. The molecule has 1 aliphatic rings. The zero-order chi connectivity index (χ0) is 14.9. The molecule has 3 rings (SSSR count). The Labute approximate surface area is 142 Å². The maximum atomic E-state index is 6.08. The first-order chi connectivity index (χ1) is 10.1. The smallest absolute Gasteiger partial charge is 0.0695 e. The van der Waals surface area contributed by atoms with Crippen molar-refractivity contribution >= 4 is 24.0 Å². The summed E-state index contributed by atoms with van der Waals surface area (Å²) in [5.41, 5.74) is 9.47. The zero-order valence-corrected chi connectivity index (χ0v) is 14.3. The van der Waals surface area contributed by atoms with Gasteiger partial charge in [0.2, 0.25) is 0 Å². The molecular formula is C16H22Cl2N4. The van der Waals surface area contributed by atoms with Gasteiger partial charge in [-0.05, 0) is 37.1 Å². The minimum absolute atomic E-state index is 0. The highest BCUT2D eigenvalue weighted by Gasteiger charge is 2.32. The first-order valence-corrected chi connectivity index (χ1v) is 7.68. The van der Waals surface area contributed by atoms with E-state index in [1.165, 1.54) is 5.56 Å². The van der Waals surface area contributed by atoms with E-state index in [2.05, 4.69) is 28.1 Å². The summed E-state index contributed by atoms with van der Waals surface area (Å²) in [7, 11) is 0. The second-order valence-corrected chi connectivity index (χ2v) is 6.69. The van der Waals surface area contributed by atoms with Gasteiger partial charge in [0.15, 0.2) is 0 Å². The molecule has 6 heteroatoms. The molecule has 1 aliphatic heterocycles. The highest BCUT2D eigenvalue weighted by Crippen LogP contribution is 2.31. The maximum Gasteiger partial charge on any atom is 0.0695 e. The average Bonchev–Trinajstić information content (AvgIpc) is 3.07. The van der Waals surface area contributed by atoms with Crippen molar-refractivity contribution in [3.05, 3.63) is 41.0 Å². The molecule has 0 saturated carbocycles. The van der Waals surface area contributed by atoms with E-state index < -0.39 is 0 Å². The van der Waals surface area contributed by atoms with Crippen molar-refractivity contribution in [2.45, 2.75) is 19.9 Å². The van der Waals surface area contributed by atoms with Gasteiger partial charge < -0.3 is 5.73 Å². The minimum Gasteiger partial charge on any atom is -0.330 e. The second kappa shape index (κ2) is 7.01. The zero-order valence-electron chi connectivity index (χ0n) is 12.7. The summed E-state index contributed by atoms with van der Waals surface area (Å²) < 4.78 is 0. The van der Waals surface area contributed by atoms with E-state index in [1.807, 2.05) is 24.4 Å². The summed E-state index contributed by atoms with van der Waals surface area (Å²) in [4.78, 5) is 2.45. The molecule has 1 fully saturated rings. The van der Waals surface area contributed by atoms with Gasteiger partial charge in [0.05, 0.1) is 11.9 Å². The van der Waals surface area contributed by atoms with Crippen LogP contribution in [0.3, 0.4) is 0 Å². The van der Waals surface area contributed by atoms with E-state index in [1.54, 1.807) is 0 Å². The van der Waals surface area contributed by atoms with E-state index >= 15 is 0 Å². The standard InChI is InChI=1S/C16H21ClN4.ClH/c1-16(10-18)5-6-21(11-16)9-13-8-19-20-15(13)12-3-2-4-14(17)7-12;/h2-4,7-8H,5-6,9-11,18H2,1H3,(H,19,20);1H. The molecule has 22 heavy (non-hydrogen) atoms. The summed E-state index contributed by atoms with van der Waals surface area (Å²) in [5.74, 6) is 0. The first kappa shape index (κ1) is 17.3. The number of H-pyrrole nitrogens is 1. The number of rotatable bonds is 4. The predicted octanol–water partition coefficient (Wildman–Crippen LogP) is 3.32. The van der Waals surface area contributed by atoms with Crippen LogP contribution in [0.25, 0.3) is 11.3 Å². The van der Waals surface area contributed by atoms with Crippen LogP contribution in [-0.4, -0.2) is 34.7 Å². The Morgan fingerprint density at radius 2 is 2.27 bits per heavy atom. The molecule has 120 valence electrons. The lowest BCUT2D eigenvalue weighted by Gasteiger charge is -2.22. The van der Waals surface area contributed by atoms with Gasteiger partial charge in [-0.25, -0.2) is 0 Å². The average molecular weight is 341 g/mol. The number of nitrogens with zero attached hydrogens (tertiary/aromatic N) is 2. The molecule has 2 aromatic rings. The van der Waals surface area contributed by atoms with Crippen molar-refractivity contribution in [3.8, 4) is 11.3 Å². The van der Waals surface area contributed by atoms with Crippen LogP contribution in [-0.2, 0) is 6.54 Å². The van der Waals surface area contributed by atoms with Crippen LogP contribution in [0.1, 0.15) is 18.9 Å². The van der Waals surface area contributed by atoms with Gasteiger partial charge in [0.1, 0.15) is 0 Å². The molecule has 0 bridgehead atoms. The lowest BCUT2D eigenvalue weighted by molar-refractivity contribution is 0.275. The summed E-state index contributed by atoms with van der Waals surface area (Å²) in [6.07, 6.45) is 3.07. The summed E-state index contributed by atoms with van der Waals surface area (Å²) in [5, 5.41) is 8.05. The first-order valence-electron chi connectivity index (χ1n) is 7.30. The van der Waals surface area contributed by atoms with Crippen LogP contribution in [0.5, 0.6) is 0 Å². The number of nitrogens with one attached hydrogen (secondary N) is 1. The fourth-order valence-corrected chi connectivity index (χ4v) is 3.18. The number of halogens is 2. The SMILES string of the molecule is CC1(CN)CCN(Cc2cn[nH]c2-c2cccc(Cl)c2)C1.Cl. The third-order valence-corrected chi connectivity index (χ3v) is 4.59. The monoisotopic (exact) mass is 340 g/mol. The molecule has 0 amide bonds. The van der Waals surface area contributed by atoms with Crippen LogP contribution in [0, 0.1) is 5.41 Å². The van der Waals surface area contributed by atoms with Crippen LogP contribution < -0.4 is 5.73 Å². The number of aromatic nitrogens is 2. The predicted molar refractivity (Wildman–Crippen MR) is 93.3 cm³/mol. The molecule has 1 unspecified atom stereocenters. The third kappa shape index (κ3) is 3.63. The molecule has 0 aliphatic carbocycles. The quantitative estimate of drug-likeness (QED) is 0.897. The van der Waals surface area contributed by atoms with Gasteiger partial charge in [0, 0.05) is 29.2 Å². The molecule has 0 radical (unpaired) electrons. The molecule has 2 heterocycles. The Balaban J connectivity index is 0.00000176.